The van der Waals surface area contributed by atoms with E-state index in [1.807, 2.05) is 25.3 Å². The maximum Gasteiger partial charge on any atom is 0.271 e. The van der Waals surface area contributed by atoms with Crippen LogP contribution in [0.2, 0.25) is 0 Å². The number of rotatable bonds is 3. The molecule has 1 atom stereocenters. The number of nitrogens with zero attached hydrogens (tertiary/aromatic N) is 5. The fraction of sp³-hybridized carbons (Fsp3) is 0.438. The van der Waals surface area contributed by atoms with Crippen molar-refractivity contribution in [2.45, 2.75) is 39.4 Å². The summed E-state index contributed by atoms with van der Waals surface area (Å²) in [5.74, 6) is 0.403. The van der Waals surface area contributed by atoms with Gasteiger partial charge in [-0.05, 0) is 26.8 Å². The lowest BCUT2D eigenvalue weighted by Crippen LogP contribution is -2.41. The second-order valence-electron chi connectivity index (χ2n) is 6.11. The Balaban J connectivity index is 1.83. The minimum atomic E-state index is -0.222. The first-order valence-corrected chi connectivity index (χ1v) is 7.93. The Labute approximate surface area is 139 Å². The van der Waals surface area contributed by atoms with E-state index in [1.54, 1.807) is 17.2 Å². The molecule has 0 fully saturated rings. The minimum absolute atomic E-state index is 0.0471. The monoisotopic (exact) mass is 328 g/mol. The second-order valence-corrected chi connectivity index (χ2v) is 6.11. The summed E-state index contributed by atoms with van der Waals surface area (Å²) in [6.45, 7) is 6.87. The molecule has 1 N–H and O–H groups in total. The fourth-order valence-electron chi connectivity index (χ4n) is 2.80. The van der Waals surface area contributed by atoms with Gasteiger partial charge in [0.25, 0.3) is 11.8 Å². The molecule has 3 rings (SSSR count). The van der Waals surface area contributed by atoms with Crippen LogP contribution in [0.25, 0.3) is 0 Å². The standard InChI is InChI=1S/C16H20N6O2/c1-10(2)19-15(23)13-9-21-6-7-22(11(3)14(21)20-13)16(24)12-4-5-17-18-8-12/h4-5,8-11H,6-7H2,1-3H3,(H,19,23)/t11-/m0/s1. The van der Waals surface area contributed by atoms with Gasteiger partial charge in [0.05, 0.1) is 24.0 Å². The summed E-state index contributed by atoms with van der Waals surface area (Å²) in [5, 5.41) is 10.3. The van der Waals surface area contributed by atoms with Gasteiger partial charge in [-0.2, -0.15) is 10.2 Å². The lowest BCUT2D eigenvalue weighted by Gasteiger charge is -2.33. The van der Waals surface area contributed by atoms with E-state index in [9.17, 15) is 9.59 Å². The molecule has 0 unspecified atom stereocenters. The molecule has 0 spiro atoms. The molecule has 1 aliphatic heterocycles. The largest absolute Gasteiger partial charge is 0.348 e. The first-order chi connectivity index (χ1) is 11.5. The average Bonchev–Trinajstić information content (AvgIpc) is 3.00. The zero-order valence-corrected chi connectivity index (χ0v) is 13.9. The van der Waals surface area contributed by atoms with E-state index in [0.29, 0.717) is 30.2 Å². The lowest BCUT2D eigenvalue weighted by molar-refractivity contribution is 0.0637. The number of amides is 2. The summed E-state index contributed by atoms with van der Waals surface area (Å²) in [4.78, 5) is 31.0. The Morgan fingerprint density at radius 2 is 2.08 bits per heavy atom. The van der Waals surface area contributed by atoms with Crippen molar-refractivity contribution in [1.29, 1.82) is 0 Å². The summed E-state index contributed by atoms with van der Waals surface area (Å²) < 4.78 is 1.94. The molecule has 3 heterocycles. The molecule has 2 aromatic heterocycles. The van der Waals surface area contributed by atoms with Crippen molar-refractivity contribution in [3.8, 4) is 0 Å². The molecule has 0 aromatic carbocycles. The molecule has 0 radical (unpaired) electrons. The van der Waals surface area contributed by atoms with Crippen LogP contribution in [0, 0.1) is 0 Å². The first-order valence-electron chi connectivity index (χ1n) is 7.93. The highest BCUT2D eigenvalue weighted by Gasteiger charge is 2.31. The Morgan fingerprint density at radius 1 is 1.29 bits per heavy atom. The van der Waals surface area contributed by atoms with Gasteiger partial charge in [0.15, 0.2) is 0 Å². The third kappa shape index (κ3) is 2.99. The Morgan fingerprint density at radius 3 is 2.75 bits per heavy atom. The van der Waals surface area contributed by atoms with Gasteiger partial charge < -0.3 is 14.8 Å². The van der Waals surface area contributed by atoms with Crippen LogP contribution in [0.15, 0.2) is 24.7 Å². The number of hydrogen-bond donors (Lipinski definition) is 1. The number of carbonyl (C=O) groups excluding carboxylic acids is 2. The van der Waals surface area contributed by atoms with E-state index in [1.165, 1.54) is 12.4 Å². The van der Waals surface area contributed by atoms with Crippen molar-refractivity contribution in [2.75, 3.05) is 6.54 Å². The van der Waals surface area contributed by atoms with Gasteiger partial charge in [-0.25, -0.2) is 4.98 Å². The summed E-state index contributed by atoms with van der Waals surface area (Å²) in [6, 6.07) is 1.47. The highest BCUT2D eigenvalue weighted by Crippen LogP contribution is 2.26. The van der Waals surface area contributed by atoms with Crippen LogP contribution in [0.3, 0.4) is 0 Å². The van der Waals surface area contributed by atoms with Gasteiger partial charge in [0.1, 0.15) is 11.5 Å². The predicted octanol–water partition coefficient (Wildman–Crippen LogP) is 1.03. The van der Waals surface area contributed by atoms with Crippen molar-refractivity contribution in [2.24, 2.45) is 0 Å². The van der Waals surface area contributed by atoms with Crippen molar-refractivity contribution < 1.29 is 9.59 Å². The van der Waals surface area contributed by atoms with Crippen LogP contribution in [0.5, 0.6) is 0 Å². The maximum absolute atomic E-state index is 12.6. The molecule has 1 aliphatic rings. The molecule has 0 bridgehead atoms. The zero-order valence-electron chi connectivity index (χ0n) is 13.9. The predicted molar refractivity (Wildman–Crippen MR) is 86.3 cm³/mol. The molecule has 2 aromatic rings. The van der Waals surface area contributed by atoms with Crippen LogP contribution >= 0.6 is 0 Å². The number of imidazole rings is 1. The fourth-order valence-corrected chi connectivity index (χ4v) is 2.80. The van der Waals surface area contributed by atoms with Gasteiger partial charge in [-0.15, -0.1) is 0 Å². The van der Waals surface area contributed by atoms with Gasteiger partial charge in [-0.3, -0.25) is 9.59 Å². The van der Waals surface area contributed by atoms with Crippen molar-refractivity contribution in [3.63, 3.8) is 0 Å². The quantitative estimate of drug-likeness (QED) is 0.908. The van der Waals surface area contributed by atoms with Crippen molar-refractivity contribution >= 4 is 11.8 Å². The second kappa shape index (κ2) is 6.38. The molecular formula is C16H20N6O2. The summed E-state index contributed by atoms with van der Waals surface area (Å²) in [7, 11) is 0. The SMILES string of the molecule is CC(C)NC(=O)c1cn2c(n1)[C@H](C)N(C(=O)c1ccnnc1)CC2. The third-order valence-corrected chi connectivity index (χ3v) is 3.97. The summed E-state index contributed by atoms with van der Waals surface area (Å²) in [6.07, 6.45) is 4.70. The lowest BCUT2D eigenvalue weighted by atomic mass is 10.1. The average molecular weight is 328 g/mol. The highest BCUT2D eigenvalue weighted by atomic mass is 16.2. The maximum atomic E-state index is 12.6. The molecule has 8 nitrogen and oxygen atoms in total. The smallest absolute Gasteiger partial charge is 0.271 e. The summed E-state index contributed by atoms with van der Waals surface area (Å²) in [5.41, 5.74) is 0.875. The van der Waals surface area contributed by atoms with E-state index in [2.05, 4.69) is 20.5 Å². The molecule has 2 amide bonds. The van der Waals surface area contributed by atoms with Crippen LogP contribution in [0.4, 0.5) is 0 Å². The van der Waals surface area contributed by atoms with Gasteiger partial charge >= 0.3 is 0 Å². The van der Waals surface area contributed by atoms with E-state index in [-0.39, 0.29) is 23.9 Å². The molecule has 24 heavy (non-hydrogen) atoms. The van der Waals surface area contributed by atoms with Crippen LogP contribution < -0.4 is 5.32 Å². The number of carbonyl (C=O) groups is 2. The van der Waals surface area contributed by atoms with Crippen LogP contribution in [0.1, 0.15) is 53.5 Å². The zero-order chi connectivity index (χ0) is 17.3. The van der Waals surface area contributed by atoms with Crippen molar-refractivity contribution in [1.82, 2.24) is 30.0 Å². The van der Waals surface area contributed by atoms with Crippen LogP contribution in [-0.2, 0) is 6.54 Å². The minimum Gasteiger partial charge on any atom is -0.348 e. The Kier molecular flexibility index (Phi) is 4.28. The number of hydrogen-bond acceptors (Lipinski definition) is 5. The van der Waals surface area contributed by atoms with Gasteiger partial charge in [0, 0.05) is 25.3 Å². The van der Waals surface area contributed by atoms with E-state index in [4.69, 9.17) is 0 Å². The number of nitrogens with one attached hydrogen (secondary N) is 1. The molecule has 0 saturated carbocycles. The van der Waals surface area contributed by atoms with E-state index < -0.39 is 0 Å². The van der Waals surface area contributed by atoms with Crippen LogP contribution in [-0.4, -0.2) is 49.0 Å². The Bertz CT molecular complexity index is 755. The van der Waals surface area contributed by atoms with E-state index >= 15 is 0 Å². The van der Waals surface area contributed by atoms with Gasteiger partial charge in [0.2, 0.25) is 0 Å². The molecule has 8 heteroatoms. The topological polar surface area (TPSA) is 93.0 Å². The molecular weight excluding hydrogens is 308 g/mol. The third-order valence-electron chi connectivity index (χ3n) is 3.97. The molecule has 0 saturated heterocycles. The first kappa shape index (κ1) is 16.1. The van der Waals surface area contributed by atoms with Gasteiger partial charge in [-0.1, -0.05) is 0 Å². The number of fused-ring (bicyclic) bond motifs is 1. The summed E-state index contributed by atoms with van der Waals surface area (Å²) >= 11 is 0. The Hall–Kier alpha value is -2.77. The molecule has 0 aliphatic carbocycles. The van der Waals surface area contributed by atoms with Crippen molar-refractivity contribution in [3.05, 3.63) is 41.7 Å². The normalized spacial score (nSPS) is 16.8. The number of aromatic nitrogens is 4. The highest BCUT2D eigenvalue weighted by molar-refractivity contribution is 5.94. The molecule has 126 valence electrons. The van der Waals surface area contributed by atoms with E-state index in [0.717, 1.165) is 0 Å².